The van der Waals surface area contributed by atoms with Crippen molar-refractivity contribution in [2.24, 2.45) is 0 Å². The summed E-state index contributed by atoms with van der Waals surface area (Å²) < 4.78 is 21.3. The lowest BCUT2D eigenvalue weighted by molar-refractivity contribution is -0.122. The third-order valence-electron chi connectivity index (χ3n) is 5.30. The van der Waals surface area contributed by atoms with Gasteiger partial charge in [0.05, 0.1) is 18.5 Å². The Labute approximate surface area is 189 Å². The molecule has 162 valence electrons. The fourth-order valence-corrected chi connectivity index (χ4v) is 4.00. The van der Waals surface area contributed by atoms with Gasteiger partial charge in [-0.1, -0.05) is 12.1 Å². The molecule has 1 saturated heterocycles. The number of halogens is 1. The van der Waals surface area contributed by atoms with Gasteiger partial charge in [0, 0.05) is 11.4 Å². The summed E-state index contributed by atoms with van der Waals surface area (Å²) in [5.74, 6) is -0.861. The Hall–Kier alpha value is -3.78. The molecule has 8 heteroatoms. The van der Waals surface area contributed by atoms with Crippen molar-refractivity contribution in [3.05, 3.63) is 82.9 Å². The number of carbonyl (C=O) groups is 2. The Balaban J connectivity index is 1.75. The minimum absolute atomic E-state index is 0.000791. The van der Waals surface area contributed by atoms with E-state index in [0.29, 0.717) is 28.4 Å². The van der Waals surface area contributed by atoms with Crippen molar-refractivity contribution < 1.29 is 18.7 Å². The lowest BCUT2D eigenvalue weighted by atomic mass is 10.1. The monoisotopic (exact) mass is 449 g/mol. The highest BCUT2D eigenvalue weighted by atomic mass is 32.1. The molecule has 2 amide bonds. The van der Waals surface area contributed by atoms with Gasteiger partial charge in [0.1, 0.15) is 17.1 Å². The smallest absolute Gasteiger partial charge is 0.270 e. The van der Waals surface area contributed by atoms with Gasteiger partial charge in [0.25, 0.3) is 11.8 Å². The van der Waals surface area contributed by atoms with E-state index < -0.39 is 11.8 Å². The highest BCUT2D eigenvalue weighted by molar-refractivity contribution is 7.80. The number of thiocarbonyl (C=S) groups is 1. The van der Waals surface area contributed by atoms with Crippen LogP contribution < -0.4 is 15.0 Å². The standard InChI is InChI=1S/C24H20FN3O3S/c1-14-12-16(15(2)27(14)21-7-5-4-6-20(21)25)13-19-22(29)26-24(32)28(23(19)30)17-8-10-18(31-3)11-9-17/h4-13H,1-3H3,(H,26,29,32)/b19-13+. The first-order valence-corrected chi connectivity index (χ1v) is 10.2. The third kappa shape index (κ3) is 3.69. The van der Waals surface area contributed by atoms with E-state index in [0.717, 1.165) is 5.69 Å². The molecular formula is C24H20FN3O3S. The van der Waals surface area contributed by atoms with Crippen molar-refractivity contribution in [3.8, 4) is 11.4 Å². The van der Waals surface area contributed by atoms with Crippen molar-refractivity contribution in [3.63, 3.8) is 0 Å². The molecular weight excluding hydrogens is 429 g/mol. The van der Waals surface area contributed by atoms with Crippen LogP contribution in [0.25, 0.3) is 11.8 Å². The largest absolute Gasteiger partial charge is 0.497 e. The van der Waals surface area contributed by atoms with Crippen LogP contribution in [0.5, 0.6) is 5.75 Å². The molecule has 6 nitrogen and oxygen atoms in total. The van der Waals surface area contributed by atoms with Gasteiger partial charge in [-0.15, -0.1) is 0 Å². The van der Waals surface area contributed by atoms with Crippen LogP contribution in [0.4, 0.5) is 10.1 Å². The van der Waals surface area contributed by atoms with E-state index in [9.17, 15) is 14.0 Å². The summed E-state index contributed by atoms with van der Waals surface area (Å²) in [6.45, 7) is 3.64. The van der Waals surface area contributed by atoms with Crippen LogP contribution in [0.1, 0.15) is 17.0 Å². The number of benzene rings is 2. The number of aromatic nitrogens is 1. The van der Waals surface area contributed by atoms with Crippen molar-refractivity contribution in [2.45, 2.75) is 13.8 Å². The highest BCUT2D eigenvalue weighted by Crippen LogP contribution is 2.27. The average Bonchev–Trinajstić information content (AvgIpc) is 3.04. The van der Waals surface area contributed by atoms with Gasteiger partial charge < -0.3 is 9.30 Å². The molecule has 2 aromatic carbocycles. The number of amides is 2. The van der Waals surface area contributed by atoms with Gasteiger partial charge in [-0.05, 0) is 80.2 Å². The van der Waals surface area contributed by atoms with Crippen molar-refractivity contribution in [1.82, 2.24) is 9.88 Å². The van der Waals surface area contributed by atoms with Crippen LogP contribution in [0.3, 0.4) is 0 Å². The lowest BCUT2D eigenvalue weighted by Crippen LogP contribution is -2.54. The summed E-state index contributed by atoms with van der Waals surface area (Å²) in [4.78, 5) is 27.1. The molecule has 32 heavy (non-hydrogen) atoms. The number of hydrogen-bond donors (Lipinski definition) is 1. The summed E-state index contributed by atoms with van der Waals surface area (Å²) >= 11 is 5.24. The van der Waals surface area contributed by atoms with E-state index in [1.165, 1.54) is 17.0 Å². The van der Waals surface area contributed by atoms with Gasteiger partial charge in [-0.2, -0.15) is 0 Å². The molecule has 0 aliphatic carbocycles. The fourth-order valence-electron chi connectivity index (χ4n) is 3.72. The van der Waals surface area contributed by atoms with Crippen LogP contribution >= 0.6 is 12.2 Å². The zero-order chi connectivity index (χ0) is 23.0. The molecule has 1 fully saturated rings. The van der Waals surface area contributed by atoms with Crippen molar-refractivity contribution >= 4 is 40.9 Å². The van der Waals surface area contributed by atoms with Crippen LogP contribution in [-0.2, 0) is 9.59 Å². The maximum atomic E-state index is 14.4. The van der Waals surface area contributed by atoms with Gasteiger partial charge in [-0.3, -0.25) is 19.8 Å². The number of rotatable bonds is 4. The van der Waals surface area contributed by atoms with Crippen LogP contribution in [-0.4, -0.2) is 28.6 Å². The molecule has 1 aromatic heterocycles. The van der Waals surface area contributed by atoms with Crippen molar-refractivity contribution in [1.29, 1.82) is 0 Å². The topological polar surface area (TPSA) is 63.6 Å². The molecule has 1 aliphatic rings. The molecule has 0 saturated carbocycles. The predicted molar refractivity (Wildman–Crippen MR) is 124 cm³/mol. The van der Waals surface area contributed by atoms with Gasteiger partial charge >= 0.3 is 0 Å². The number of carbonyl (C=O) groups excluding carboxylic acids is 2. The Morgan fingerprint density at radius 2 is 1.75 bits per heavy atom. The number of para-hydroxylation sites is 1. The van der Waals surface area contributed by atoms with Gasteiger partial charge in [-0.25, -0.2) is 4.39 Å². The lowest BCUT2D eigenvalue weighted by Gasteiger charge is -2.29. The molecule has 0 spiro atoms. The van der Waals surface area contributed by atoms with Crippen LogP contribution in [0.2, 0.25) is 0 Å². The molecule has 1 N–H and O–H groups in total. The number of anilines is 1. The maximum absolute atomic E-state index is 14.4. The van der Waals surface area contributed by atoms with Crippen molar-refractivity contribution in [2.75, 3.05) is 12.0 Å². The number of aryl methyl sites for hydroxylation is 1. The number of nitrogens with one attached hydrogen (secondary N) is 1. The first-order chi connectivity index (χ1) is 15.3. The number of hydrogen-bond acceptors (Lipinski definition) is 4. The van der Waals surface area contributed by atoms with Crippen LogP contribution in [0.15, 0.2) is 60.2 Å². The summed E-state index contributed by atoms with van der Waals surface area (Å²) in [5, 5.41) is 2.57. The van der Waals surface area contributed by atoms with Gasteiger partial charge in [0.2, 0.25) is 0 Å². The fraction of sp³-hybridized carbons (Fsp3) is 0.125. The van der Waals surface area contributed by atoms with E-state index in [2.05, 4.69) is 5.32 Å². The summed E-state index contributed by atoms with van der Waals surface area (Å²) in [6, 6.07) is 15.0. The molecule has 3 aromatic rings. The van der Waals surface area contributed by atoms with E-state index in [4.69, 9.17) is 17.0 Å². The zero-order valence-corrected chi connectivity index (χ0v) is 18.5. The van der Waals surface area contributed by atoms with E-state index in [-0.39, 0.29) is 16.5 Å². The highest BCUT2D eigenvalue weighted by Gasteiger charge is 2.34. The molecule has 1 aliphatic heterocycles. The minimum atomic E-state index is -0.583. The zero-order valence-electron chi connectivity index (χ0n) is 17.7. The Kier molecular flexibility index (Phi) is 5.63. The molecule has 0 bridgehead atoms. The first-order valence-electron chi connectivity index (χ1n) is 9.81. The number of methoxy groups -OCH3 is 1. The third-order valence-corrected chi connectivity index (χ3v) is 5.58. The average molecular weight is 450 g/mol. The Bertz CT molecular complexity index is 1280. The minimum Gasteiger partial charge on any atom is -0.497 e. The predicted octanol–water partition coefficient (Wildman–Crippen LogP) is 4.07. The second-order valence-corrected chi connectivity index (χ2v) is 7.66. The summed E-state index contributed by atoms with van der Waals surface area (Å²) in [5.41, 5.74) is 2.93. The normalized spacial score (nSPS) is 15.3. The SMILES string of the molecule is COc1ccc(N2C(=O)/C(=C/c3cc(C)n(-c4ccccc4F)c3C)C(=O)NC2=S)cc1. The second kappa shape index (κ2) is 8.39. The van der Waals surface area contributed by atoms with E-state index >= 15 is 0 Å². The number of ether oxygens (including phenoxy) is 1. The van der Waals surface area contributed by atoms with Gasteiger partial charge in [0.15, 0.2) is 5.11 Å². The van der Waals surface area contributed by atoms with Crippen LogP contribution in [0, 0.1) is 19.7 Å². The molecule has 0 radical (unpaired) electrons. The summed E-state index contributed by atoms with van der Waals surface area (Å²) in [7, 11) is 1.55. The molecule has 4 rings (SSSR count). The maximum Gasteiger partial charge on any atom is 0.270 e. The summed E-state index contributed by atoms with van der Waals surface area (Å²) in [6.07, 6.45) is 1.51. The molecule has 2 heterocycles. The Morgan fingerprint density at radius 3 is 2.41 bits per heavy atom. The molecule has 0 atom stereocenters. The molecule has 0 unspecified atom stereocenters. The number of nitrogens with zero attached hydrogens (tertiary/aromatic N) is 2. The Morgan fingerprint density at radius 1 is 1.06 bits per heavy atom. The first kappa shape index (κ1) is 21.5. The second-order valence-electron chi connectivity index (χ2n) is 7.27. The van der Waals surface area contributed by atoms with E-state index in [1.54, 1.807) is 60.2 Å². The van der Waals surface area contributed by atoms with E-state index in [1.807, 2.05) is 13.8 Å². The quantitative estimate of drug-likeness (QED) is 0.371.